The zero-order valence-corrected chi connectivity index (χ0v) is 12.4. The molecule has 1 saturated heterocycles. The van der Waals surface area contributed by atoms with Crippen molar-refractivity contribution in [3.8, 4) is 0 Å². The van der Waals surface area contributed by atoms with Gasteiger partial charge in [0, 0.05) is 18.6 Å². The fraction of sp³-hybridized carbons (Fsp3) is 0.933. The number of hydrogen-bond donors (Lipinski definition) is 2. The van der Waals surface area contributed by atoms with Crippen LogP contribution in [-0.2, 0) is 9.53 Å². The van der Waals surface area contributed by atoms with Crippen molar-refractivity contribution in [3.05, 3.63) is 0 Å². The van der Waals surface area contributed by atoms with E-state index in [1.54, 1.807) is 0 Å². The Morgan fingerprint density at radius 3 is 3.05 bits per heavy atom. The maximum Gasteiger partial charge on any atom is 0.237 e. The van der Waals surface area contributed by atoms with Gasteiger partial charge in [0.2, 0.25) is 5.91 Å². The molecule has 0 spiro atoms. The molecule has 20 heavy (non-hydrogen) atoms. The van der Waals surface area contributed by atoms with Crippen LogP contribution in [0.2, 0.25) is 0 Å². The molecule has 5 heteroatoms. The molecular formula is C15H27N3O2. The number of hydrogen-bond acceptors (Lipinski definition) is 4. The van der Waals surface area contributed by atoms with E-state index in [-0.39, 0.29) is 5.91 Å². The van der Waals surface area contributed by atoms with Gasteiger partial charge in [-0.05, 0) is 45.1 Å². The van der Waals surface area contributed by atoms with E-state index in [0.717, 1.165) is 39.0 Å². The van der Waals surface area contributed by atoms with Gasteiger partial charge >= 0.3 is 0 Å². The second-order valence-corrected chi connectivity index (χ2v) is 6.52. The average Bonchev–Trinajstić information content (AvgIpc) is 3.05. The third-order valence-corrected chi connectivity index (χ3v) is 5.47. The predicted molar refractivity (Wildman–Crippen MR) is 77.3 cm³/mol. The van der Waals surface area contributed by atoms with E-state index in [1.807, 2.05) is 6.92 Å². The van der Waals surface area contributed by atoms with Gasteiger partial charge in [-0.2, -0.15) is 0 Å². The summed E-state index contributed by atoms with van der Waals surface area (Å²) in [5.74, 6) is -0.182. The Labute approximate surface area is 121 Å². The SMILES string of the molecule is CCNC1(C(N)=O)CCC(N2CCOC3CCCC32)C1. The Hall–Kier alpha value is -0.650. The minimum atomic E-state index is -0.480. The normalized spacial score (nSPS) is 41.8. The molecule has 3 rings (SSSR count). The van der Waals surface area contributed by atoms with Gasteiger partial charge in [0.1, 0.15) is 0 Å². The highest BCUT2D eigenvalue weighted by Crippen LogP contribution is 2.38. The van der Waals surface area contributed by atoms with Gasteiger partial charge in [0.15, 0.2) is 0 Å². The number of carbonyl (C=O) groups is 1. The van der Waals surface area contributed by atoms with Crippen LogP contribution in [0.25, 0.3) is 0 Å². The number of ether oxygens (including phenoxy) is 1. The first-order valence-corrected chi connectivity index (χ1v) is 8.08. The van der Waals surface area contributed by atoms with Crippen LogP contribution >= 0.6 is 0 Å². The standard InChI is InChI=1S/C15H27N3O2/c1-2-17-15(14(16)19)7-6-11(10-15)18-8-9-20-13-5-3-4-12(13)18/h11-13,17H,2-10H2,1H3,(H2,16,19). The van der Waals surface area contributed by atoms with Crippen LogP contribution in [-0.4, -0.2) is 54.2 Å². The van der Waals surface area contributed by atoms with Gasteiger partial charge in [0.05, 0.1) is 18.2 Å². The lowest BCUT2D eigenvalue weighted by Gasteiger charge is -2.42. The number of primary amides is 1. The van der Waals surface area contributed by atoms with Gasteiger partial charge in [-0.1, -0.05) is 6.92 Å². The van der Waals surface area contributed by atoms with Gasteiger partial charge < -0.3 is 15.8 Å². The van der Waals surface area contributed by atoms with Crippen molar-refractivity contribution in [2.45, 2.75) is 69.2 Å². The van der Waals surface area contributed by atoms with E-state index in [2.05, 4.69) is 10.2 Å². The van der Waals surface area contributed by atoms with Crippen molar-refractivity contribution in [2.24, 2.45) is 5.73 Å². The lowest BCUT2D eigenvalue weighted by Crippen LogP contribution is -2.56. The molecule has 3 fully saturated rings. The maximum absolute atomic E-state index is 11.9. The molecule has 5 nitrogen and oxygen atoms in total. The van der Waals surface area contributed by atoms with Crippen LogP contribution in [0.4, 0.5) is 0 Å². The molecule has 0 radical (unpaired) electrons. The number of rotatable bonds is 4. The van der Waals surface area contributed by atoms with Crippen molar-refractivity contribution in [3.63, 3.8) is 0 Å². The molecule has 1 amide bonds. The Morgan fingerprint density at radius 1 is 1.45 bits per heavy atom. The quantitative estimate of drug-likeness (QED) is 0.793. The van der Waals surface area contributed by atoms with E-state index < -0.39 is 5.54 Å². The summed E-state index contributed by atoms with van der Waals surface area (Å²) < 4.78 is 5.89. The van der Waals surface area contributed by atoms with Gasteiger partial charge in [-0.3, -0.25) is 9.69 Å². The summed E-state index contributed by atoms with van der Waals surface area (Å²) in [6.45, 7) is 4.68. The van der Waals surface area contributed by atoms with Crippen molar-refractivity contribution in [1.82, 2.24) is 10.2 Å². The minimum absolute atomic E-state index is 0.182. The number of morpholine rings is 1. The third kappa shape index (κ3) is 2.36. The Bertz CT molecular complexity index is 376. The summed E-state index contributed by atoms with van der Waals surface area (Å²) in [7, 11) is 0. The molecule has 114 valence electrons. The topological polar surface area (TPSA) is 67.6 Å². The van der Waals surface area contributed by atoms with Gasteiger partial charge in [-0.15, -0.1) is 0 Å². The lowest BCUT2D eigenvalue weighted by molar-refractivity contribution is -0.124. The van der Waals surface area contributed by atoms with E-state index >= 15 is 0 Å². The third-order valence-electron chi connectivity index (χ3n) is 5.47. The molecule has 1 aliphatic heterocycles. The second kappa shape index (κ2) is 5.62. The summed E-state index contributed by atoms with van der Waals surface area (Å²) in [4.78, 5) is 14.5. The van der Waals surface area contributed by atoms with Crippen molar-refractivity contribution in [2.75, 3.05) is 19.7 Å². The molecule has 3 N–H and O–H groups in total. The van der Waals surface area contributed by atoms with E-state index in [4.69, 9.17) is 10.5 Å². The fourth-order valence-corrected chi connectivity index (χ4v) is 4.52. The van der Waals surface area contributed by atoms with E-state index in [0.29, 0.717) is 18.2 Å². The van der Waals surface area contributed by atoms with Crippen LogP contribution in [0.5, 0.6) is 0 Å². The Balaban J connectivity index is 1.71. The summed E-state index contributed by atoms with van der Waals surface area (Å²) in [5.41, 5.74) is 5.19. The number of nitrogens with two attached hydrogens (primary N) is 1. The number of nitrogens with one attached hydrogen (secondary N) is 1. The van der Waals surface area contributed by atoms with Gasteiger partial charge in [-0.25, -0.2) is 0 Å². The molecule has 2 saturated carbocycles. The molecule has 0 bridgehead atoms. The number of amides is 1. The monoisotopic (exact) mass is 281 g/mol. The predicted octanol–water partition coefficient (Wildman–Crippen LogP) is 0.626. The van der Waals surface area contributed by atoms with Crippen LogP contribution in [0.1, 0.15) is 45.4 Å². The molecule has 4 unspecified atom stereocenters. The highest BCUT2D eigenvalue weighted by molar-refractivity contribution is 5.85. The van der Waals surface area contributed by atoms with Crippen molar-refractivity contribution >= 4 is 5.91 Å². The first-order chi connectivity index (χ1) is 9.66. The summed E-state index contributed by atoms with van der Waals surface area (Å²) in [6, 6.07) is 1.05. The molecule has 0 aromatic carbocycles. The van der Waals surface area contributed by atoms with E-state index in [9.17, 15) is 4.79 Å². The molecule has 1 heterocycles. The smallest absolute Gasteiger partial charge is 0.237 e. The highest BCUT2D eigenvalue weighted by atomic mass is 16.5. The lowest BCUT2D eigenvalue weighted by atomic mass is 9.95. The summed E-state index contributed by atoms with van der Waals surface area (Å²) >= 11 is 0. The summed E-state index contributed by atoms with van der Waals surface area (Å²) in [6.07, 6.45) is 6.93. The van der Waals surface area contributed by atoms with Crippen LogP contribution in [0.15, 0.2) is 0 Å². The Kier molecular flexibility index (Phi) is 4.02. The molecule has 4 atom stereocenters. The average molecular weight is 281 g/mol. The van der Waals surface area contributed by atoms with Crippen molar-refractivity contribution in [1.29, 1.82) is 0 Å². The highest BCUT2D eigenvalue weighted by Gasteiger charge is 2.48. The molecular weight excluding hydrogens is 254 g/mol. The van der Waals surface area contributed by atoms with Crippen LogP contribution < -0.4 is 11.1 Å². The number of carbonyl (C=O) groups excluding carboxylic acids is 1. The van der Waals surface area contributed by atoms with Crippen LogP contribution in [0.3, 0.4) is 0 Å². The van der Waals surface area contributed by atoms with Crippen LogP contribution in [0, 0.1) is 0 Å². The molecule has 2 aliphatic carbocycles. The molecule has 3 aliphatic rings. The number of fused-ring (bicyclic) bond motifs is 1. The van der Waals surface area contributed by atoms with E-state index in [1.165, 1.54) is 19.3 Å². The number of likely N-dealkylation sites (N-methyl/N-ethyl adjacent to an activating group) is 1. The second-order valence-electron chi connectivity index (χ2n) is 6.52. The largest absolute Gasteiger partial charge is 0.375 e. The minimum Gasteiger partial charge on any atom is -0.375 e. The van der Waals surface area contributed by atoms with Crippen molar-refractivity contribution < 1.29 is 9.53 Å². The molecule has 0 aromatic heterocycles. The summed E-state index contributed by atoms with van der Waals surface area (Å²) in [5, 5.41) is 3.35. The van der Waals surface area contributed by atoms with Gasteiger partial charge in [0.25, 0.3) is 0 Å². The first kappa shape index (κ1) is 14.3. The fourth-order valence-electron chi connectivity index (χ4n) is 4.52. The molecule has 0 aromatic rings. The first-order valence-electron chi connectivity index (χ1n) is 8.08. The zero-order chi connectivity index (χ0) is 14.2. The maximum atomic E-state index is 11.9. The zero-order valence-electron chi connectivity index (χ0n) is 12.4. The number of nitrogens with zero attached hydrogens (tertiary/aromatic N) is 1. The Morgan fingerprint density at radius 2 is 2.30 bits per heavy atom.